The molecule has 5 rings (SSSR count). The minimum Gasteiger partial charge on any atom is -0.493 e. The number of benzene rings is 4. The molecule has 0 spiro atoms. The van der Waals surface area contributed by atoms with Crippen molar-refractivity contribution in [1.82, 2.24) is 9.66 Å². The molecule has 0 saturated carbocycles. The molecule has 0 atom stereocenters. The summed E-state index contributed by atoms with van der Waals surface area (Å²) in [6.07, 6.45) is 4.05. The van der Waals surface area contributed by atoms with Crippen LogP contribution in [0.3, 0.4) is 0 Å². The first-order valence-electron chi connectivity index (χ1n) is 12.7. The summed E-state index contributed by atoms with van der Waals surface area (Å²) in [6.45, 7) is 2.41. The number of rotatable bonds is 9. The van der Waals surface area contributed by atoms with Gasteiger partial charge in [0.05, 0.1) is 24.2 Å². The average Bonchev–Trinajstić information content (AvgIpc) is 2.95. The van der Waals surface area contributed by atoms with Crippen molar-refractivity contribution in [2.24, 2.45) is 5.10 Å². The van der Waals surface area contributed by atoms with Crippen LogP contribution < -0.4 is 15.0 Å². The van der Waals surface area contributed by atoms with Crippen LogP contribution in [-0.2, 0) is 13.0 Å². The summed E-state index contributed by atoms with van der Waals surface area (Å²) in [5.74, 6) is 1.56. The van der Waals surface area contributed by atoms with Crippen LogP contribution in [0.1, 0.15) is 36.7 Å². The summed E-state index contributed by atoms with van der Waals surface area (Å²) in [5, 5.41) is 7.80. The van der Waals surface area contributed by atoms with Crippen molar-refractivity contribution in [3.05, 3.63) is 110 Å². The van der Waals surface area contributed by atoms with Gasteiger partial charge < -0.3 is 9.47 Å². The number of aromatic nitrogens is 2. The third-order valence-corrected chi connectivity index (χ3v) is 7.17. The Labute approximate surface area is 240 Å². The van der Waals surface area contributed by atoms with Gasteiger partial charge in [-0.15, -0.1) is 0 Å². The minimum atomic E-state index is -0.240. The monoisotopic (exact) mass is 603 g/mol. The molecule has 0 radical (unpaired) electrons. The first-order chi connectivity index (χ1) is 19.0. The van der Waals surface area contributed by atoms with E-state index in [-0.39, 0.29) is 5.56 Å². The Bertz CT molecular complexity index is 1740. The van der Waals surface area contributed by atoms with E-state index >= 15 is 0 Å². The van der Waals surface area contributed by atoms with Gasteiger partial charge >= 0.3 is 0 Å². The molecule has 1 heterocycles. The summed E-state index contributed by atoms with van der Waals surface area (Å²) in [5.41, 5.74) is 2.03. The summed E-state index contributed by atoms with van der Waals surface area (Å²) in [4.78, 5) is 18.3. The van der Waals surface area contributed by atoms with Crippen molar-refractivity contribution in [2.45, 2.75) is 32.8 Å². The van der Waals surface area contributed by atoms with Crippen LogP contribution in [0.4, 0.5) is 0 Å². The van der Waals surface area contributed by atoms with Gasteiger partial charge in [0.25, 0.3) is 5.56 Å². The number of methoxy groups -OCH3 is 1. The molecule has 0 fully saturated rings. The highest BCUT2D eigenvalue weighted by molar-refractivity contribution is 9.10. The lowest BCUT2D eigenvalue weighted by Gasteiger charge is -2.15. The molecule has 39 heavy (non-hydrogen) atoms. The van der Waals surface area contributed by atoms with Gasteiger partial charge in [0.15, 0.2) is 11.5 Å². The standard InChI is InChI=1S/C31H27BrClN3O3/c1-3-4-12-29-35-27-14-13-23(32)16-26(27)31(37)36(29)34-18-22-15-24(33)17-28(38-2)30(22)39-19-21-10-7-9-20-8-5-6-11-25(20)21/h5-11,13-18H,3-4,12,19H2,1-2H3. The van der Waals surface area contributed by atoms with Crippen molar-refractivity contribution < 1.29 is 9.47 Å². The molecule has 0 aliphatic carbocycles. The molecule has 198 valence electrons. The minimum absolute atomic E-state index is 0.240. The van der Waals surface area contributed by atoms with Gasteiger partial charge in [0.1, 0.15) is 12.4 Å². The van der Waals surface area contributed by atoms with Crippen LogP contribution in [0.2, 0.25) is 5.02 Å². The van der Waals surface area contributed by atoms with Gasteiger partial charge in [-0.1, -0.05) is 83.3 Å². The second kappa shape index (κ2) is 12.0. The Hall–Kier alpha value is -3.68. The maximum atomic E-state index is 13.5. The van der Waals surface area contributed by atoms with Gasteiger partial charge in [-0.05, 0) is 47.0 Å². The van der Waals surface area contributed by atoms with Gasteiger partial charge in [0, 0.05) is 27.5 Å². The summed E-state index contributed by atoms with van der Waals surface area (Å²) >= 11 is 9.87. The zero-order chi connectivity index (χ0) is 27.4. The number of unbranched alkanes of at least 4 members (excludes halogenated alkanes) is 1. The van der Waals surface area contributed by atoms with Crippen LogP contribution in [0.5, 0.6) is 11.5 Å². The second-order valence-electron chi connectivity index (χ2n) is 9.11. The van der Waals surface area contributed by atoms with E-state index in [9.17, 15) is 4.79 Å². The number of hydrogen-bond donors (Lipinski definition) is 0. The quantitative estimate of drug-likeness (QED) is 0.161. The number of halogens is 2. The summed E-state index contributed by atoms with van der Waals surface area (Å²) < 4.78 is 14.1. The van der Waals surface area contributed by atoms with Gasteiger partial charge in [-0.25, -0.2) is 4.98 Å². The molecule has 0 saturated heterocycles. The predicted octanol–water partition coefficient (Wildman–Crippen LogP) is 7.78. The highest BCUT2D eigenvalue weighted by atomic mass is 79.9. The zero-order valence-electron chi connectivity index (χ0n) is 21.7. The first kappa shape index (κ1) is 26.9. The van der Waals surface area contributed by atoms with Crippen LogP contribution in [-0.4, -0.2) is 23.0 Å². The van der Waals surface area contributed by atoms with Gasteiger partial charge in [-0.2, -0.15) is 9.78 Å². The Morgan fingerprint density at radius 2 is 1.87 bits per heavy atom. The highest BCUT2D eigenvalue weighted by Crippen LogP contribution is 2.35. The molecule has 0 bridgehead atoms. The van der Waals surface area contributed by atoms with E-state index in [4.69, 9.17) is 26.1 Å². The molecule has 0 unspecified atom stereocenters. The molecule has 0 aliphatic rings. The highest BCUT2D eigenvalue weighted by Gasteiger charge is 2.15. The molecule has 6 nitrogen and oxygen atoms in total. The Balaban J connectivity index is 1.56. The molecule has 0 aliphatic heterocycles. The molecule has 1 aromatic heterocycles. The van der Waals surface area contributed by atoms with E-state index < -0.39 is 0 Å². The molecular formula is C31H27BrClN3O3. The van der Waals surface area contributed by atoms with Crippen molar-refractivity contribution in [3.63, 3.8) is 0 Å². The van der Waals surface area contributed by atoms with E-state index in [0.717, 1.165) is 33.7 Å². The number of fused-ring (bicyclic) bond motifs is 2. The lowest BCUT2D eigenvalue weighted by Crippen LogP contribution is -2.22. The second-order valence-corrected chi connectivity index (χ2v) is 10.5. The fourth-order valence-corrected chi connectivity index (χ4v) is 5.07. The van der Waals surface area contributed by atoms with Crippen LogP contribution in [0.15, 0.2) is 87.2 Å². The largest absolute Gasteiger partial charge is 0.493 e. The maximum Gasteiger partial charge on any atom is 0.282 e. The molecule has 5 aromatic rings. The first-order valence-corrected chi connectivity index (χ1v) is 13.9. The summed E-state index contributed by atoms with van der Waals surface area (Å²) in [7, 11) is 1.57. The zero-order valence-corrected chi connectivity index (χ0v) is 24.0. The third kappa shape index (κ3) is 5.84. The Morgan fingerprint density at radius 1 is 1.05 bits per heavy atom. The average molecular weight is 605 g/mol. The lowest BCUT2D eigenvalue weighted by atomic mass is 10.1. The molecule has 8 heteroatoms. The van der Waals surface area contributed by atoms with Crippen molar-refractivity contribution in [3.8, 4) is 11.5 Å². The number of hydrogen-bond acceptors (Lipinski definition) is 5. The van der Waals surface area contributed by atoms with E-state index in [2.05, 4.69) is 46.2 Å². The maximum absolute atomic E-state index is 13.5. The number of nitrogens with zero attached hydrogens (tertiary/aromatic N) is 3. The van der Waals surface area contributed by atoms with Crippen LogP contribution in [0.25, 0.3) is 21.7 Å². The van der Waals surface area contributed by atoms with Crippen molar-refractivity contribution >= 4 is 55.4 Å². The van der Waals surface area contributed by atoms with E-state index in [1.54, 1.807) is 31.5 Å². The SMILES string of the molecule is CCCCc1nc2ccc(Br)cc2c(=O)n1N=Cc1cc(Cl)cc(OC)c1OCc1cccc2ccccc12. The molecule has 0 amide bonds. The van der Waals surface area contributed by atoms with E-state index in [0.29, 0.717) is 51.8 Å². The van der Waals surface area contributed by atoms with Gasteiger partial charge in [-0.3, -0.25) is 4.79 Å². The fourth-order valence-electron chi connectivity index (χ4n) is 4.49. The van der Waals surface area contributed by atoms with Crippen LogP contribution in [0, 0.1) is 0 Å². The molecule has 4 aromatic carbocycles. The third-order valence-electron chi connectivity index (χ3n) is 6.46. The predicted molar refractivity (Wildman–Crippen MR) is 162 cm³/mol. The summed E-state index contributed by atoms with van der Waals surface area (Å²) in [6, 6.07) is 23.2. The molecule has 0 N–H and O–H groups in total. The Kier molecular flexibility index (Phi) is 8.29. The number of ether oxygens (including phenoxy) is 2. The Morgan fingerprint density at radius 3 is 2.69 bits per heavy atom. The van der Waals surface area contributed by atoms with Crippen LogP contribution >= 0.6 is 27.5 Å². The smallest absolute Gasteiger partial charge is 0.282 e. The van der Waals surface area contributed by atoms with E-state index in [1.807, 2.05) is 36.4 Å². The normalized spacial score (nSPS) is 11.5. The van der Waals surface area contributed by atoms with Crippen molar-refractivity contribution in [2.75, 3.05) is 7.11 Å². The topological polar surface area (TPSA) is 65.7 Å². The fraction of sp³-hybridized carbons (Fsp3) is 0.194. The van der Waals surface area contributed by atoms with Gasteiger partial charge in [0.2, 0.25) is 0 Å². The lowest BCUT2D eigenvalue weighted by molar-refractivity contribution is 0.285. The molecular weight excluding hydrogens is 578 g/mol. The van der Waals surface area contributed by atoms with E-state index in [1.165, 1.54) is 4.68 Å². The number of aryl methyl sites for hydroxylation is 1. The van der Waals surface area contributed by atoms with Crippen molar-refractivity contribution in [1.29, 1.82) is 0 Å².